The summed E-state index contributed by atoms with van der Waals surface area (Å²) in [4.78, 5) is 32.9. The van der Waals surface area contributed by atoms with Crippen LogP contribution in [0.15, 0.2) is 54.6 Å². The predicted molar refractivity (Wildman–Crippen MR) is 146 cm³/mol. The molecule has 3 unspecified atom stereocenters. The van der Waals surface area contributed by atoms with E-state index >= 15 is 0 Å². The maximum Gasteiger partial charge on any atom is 0.240 e. The van der Waals surface area contributed by atoms with Crippen LogP contribution in [0, 0.1) is 18.4 Å². The molecule has 2 bridgehead atoms. The Bertz CT molecular complexity index is 1580. The Hall–Kier alpha value is -3.73. The summed E-state index contributed by atoms with van der Waals surface area (Å²) in [5.41, 5.74) is 1.40. The maximum atomic E-state index is 14.1. The van der Waals surface area contributed by atoms with Gasteiger partial charge in [-0.1, -0.05) is 42.5 Å². The highest BCUT2D eigenvalue weighted by Gasteiger charge is 2.77. The van der Waals surface area contributed by atoms with Crippen LogP contribution in [0.1, 0.15) is 43.7 Å². The van der Waals surface area contributed by atoms with E-state index in [0.717, 1.165) is 25.0 Å². The van der Waals surface area contributed by atoms with E-state index in [9.17, 15) is 14.7 Å². The van der Waals surface area contributed by atoms with E-state index in [0.29, 0.717) is 35.2 Å². The van der Waals surface area contributed by atoms with E-state index in [1.165, 1.54) is 22.4 Å². The lowest BCUT2D eigenvalue weighted by molar-refractivity contribution is -0.134. The van der Waals surface area contributed by atoms with Crippen molar-refractivity contribution in [3.05, 3.63) is 77.1 Å². The van der Waals surface area contributed by atoms with Crippen molar-refractivity contribution in [3.63, 3.8) is 0 Å². The number of aryl methyl sites for hydroxylation is 1. The fourth-order valence-corrected chi connectivity index (χ4v) is 7.64. The molecule has 2 amide bonds. The molecule has 5 atom stereocenters. The fourth-order valence-electron chi connectivity index (χ4n) is 7.64. The van der Waals surface area contributed by atoms with Gasteiger partial charge < -0.3 is 14.6 Å². The normalized spacial score (nSPS) is 30.9. The number of fused-ring (bicyclic) bond motifs is 7. The molecular weight excluding hydrogens is 492 g/mol. The number of ether oxygens (including phenoxy) is 2. The Kier molecular flexibility index (Phi) is 5.39. The quantitative estimate of drug-likeness (QED) is 0.371. The first-order valence-electron chi connectivity index (χ1n) is 13.8. The summed E-state index contributed by atoms with van der Waals surface area (Å²) in [6.45, 7) is 9.61. The molecule has 3 saturated heterocycles. The molecule has 3 aromatic rings. The van der Waals surface area contributed by atoms with Crippen molar-refractivity contribution < 1.29 is 24.2 Å². The summed E-state index contributed by atoms with van der Waals surface area (Å²) < 4.78 is 12.8. The number of aliphatic hydroxyl groups is 1. The number of benzene rings is 3. The first-order chi connectivity index (χ1) is 18.9. The van der Waals surface area contributed by atoms with Gasteiger partial charge in [-0.15, -0.1) is 0 Å². The lowest BCUT2D eigenvalue weighted by atomic mass is 9.66. The number of carbonyl (C=O) groups is 2. The molecule has 3 fully saturated rings. The van der Waals surface area contributed by atoms with Gasteiger partial charge in [-0.2, -0.15) is 0 Å². The Morgan fingerprint density at radius 3 is 2.62 bits per heavy atom. The number of hydrogen-bond donors (Lipinski definition) is 1. The van der Waals surface area contributed by atoms with Gasteiger partial charge in [-0.3, -0.25) is 9.59 Å². The summed E-state index contributed by atoms with van der Waals surface area (Å²) in [7, 11) is 0. The van der Waals surface area contributed by atoms with Crippen LogP contribution in [-0.2, 0) is 27.2 Å². The first-order valence-corrected chi connectivity index (χ1v) is 13.8. The van der Waals surface area contributed by atoms with Crippen molar-refractivity contribution in [3.8, 4) is 5.75 Å². The molecule has 7 rings (SSSR count). The molecule has 0 saturated carbocycles. The smallest absolute Gasteiger partial charge is 0.240 e. The monoisotopic (exact) mass is 522 g/mol. The molecule has 0 aromatic heterocycles. The molecule has 3 aromatic carbocycles. The van der Waals surface area contributed by atoms with Crippen molar-refractivity contribution in [2.24, 2.45) is 11.8 Å². The van der Waals surface area contributed by atoms with Crippen LogP contribution in [-0.4, -0.2) is 40.8 Å². The summed E-state index contributed by atoms with van der Waals surface area (Å²) in [5.74, 6) is -1.27. The van der Waals surface area contributed by atoms with Crippen LogP contribution < -0.4 is 9.64 Å². The standard InChI is InChI=1S/C32H30N2O5/c1-31-26(35)18-32(39-31,16-17-38-25-13-7-9-19-8-3-4-10-20(19)25)28-27(31)29(36)34(30(28)37)24-15-14-23(33-2)21-11-5-6-12-22(21)24/h5-7,9,11-15,26-28,35H,3-4,8,10,16-18H2,1H3/t26?,27-,28+,31?,32?/m1/s1. The zero-order valence-electron chi connectivity index (χ0n) is 21.9. The summed E-state index contributed by atoms with van der Waals surface area (Å²) in [6.07, 6.45) is 4.21. The van der Waals surface area contributed by atoms with Crippen molar-refractivity contribution in [2.75, 3.05) is 11.5 Å². The van der Waals surface area contributed by atoms with Crippen molar-refractivity contribution in [1.82, 2.24) is 0 Å². The Labute approximate surface area is 227 Å². The van der Waals surface area contributed by atoms with Gasteiger partial charge in [0.25, 0.3) is 0 Å². The number of imide groups is 1. The molecule has 7 nitrogen and oxygen atoms in total. The lowest BCUT2D eigenvalue weighted by Gasteiger charge is -2.33. The highest BCUT2D eigenvalue weighted by molar-refractivity contribution is 6.26. The van der Waals surface area contributed by atoms with E-state index in [1.54, 1.807) is 19.1 Å². The topological polar surface area (TPSA) is 80.4 Å². The second kappa shape index (κ2) is 8.64. The van der Waals surface area contributed by atoms with E-state index in [1.807, 2.05) is 36.4 Å². The minimum Gasteiger partial charge on any atom is -0.493 e. The van der Waals surface area contributed by atoms with E-state index < -0.39 is 29.1 Å². The van der Waals surface area contributed by atoms with Gasteiger partial charge in [0.1, 0.15) is 11.4 Å². The number of nitrogens with zero attached hydrogens (tertiary/aromatic N) is 2. The Morgan fingerprint density at radius 1 is 1.03 bits per heavy atom. The third-order valence-corrected chi connectivity index (χ3v) is 9.49. The van der Waals surface area contributed by atoms with Crippen molar-refractivity contribution >= 4 is 34.0 Å². The molecule has 0 radical (unpaired) electrons. The molecule has 3 aliphatic heterocycles. The average Bonchev–Trinajstić information content (AvgIpc) is 3.49. The minimum atomic E-state index is -1.15. The molecule has 39 heavy (non-hydrogen) atoms. The first kappa shape index (κ1) is 24.3. The number of amides is 2. The van der Waals surface area contributed by atoms with Crippen LogP contribution in [0.3, 0.4) is 0 Å². The minimum absolute atomic E-state index is 0.283. The zero-order chi connectivity index (χ0) is 26.9. The molecule has 1 aliphatic carbocycles. The van der Waals surface area contributed by atoms with E-state index in [2.05, 4.69) is 10.9 Å². The van der Waals surface area contributed by atoms with Crippen LogP contribution >= 0.6 is 0 Å². The molecule has 0 spiro atoms. The largest absolute Gasteiger partial charge is 0.493 e. The van der Waals surface area contributed by atoms with E-state index in [-0.39, 0.29) is 18.2 Å². The predicted octanol–water partition coefficient (Wildman–Crippen LogP) is 5.14. The molecular formula is C32H30N2O5. The number of carbonyl (C=O) groups excluding carboxylic acids is 2. The summed E-state index contributed by atoms with van der Waals surface area (Å²) >= 11 is 0. The number of aliphatic hydroxyl groups excluding tert-OH is 1. The summed E-state index contributed by atoms with van der Waals surface area (Å²) in [5, 5.41) is 12.5. The summed E-state index contributed by atoms with van der Waals surface area (Å²) in [6, 6.07) is 16.9. The maximum absolute atomic E-state index is 14.1. The van der Waals surface area contributed by atoms with Crippen LogP contribution in [0.5, 0.6) is 5.75 Å². The zero-order valence-corrected chi connectivity index (χ0v) is 21.9. The average molecular weight is 523 g/mol. The van der Waals surface area contributed by atoms with Gasteiger partial charge in [0.2, 0.25) is 11.8 Å². The van der Waals surface area contributed by atoms with Crippen LogP contribution in [0.4, 0.5) is 11.4 Å². The van der Waals surface area contributed by atoms with Gasteiger partial charge in [0, 0.05) is 12.8 Å². The van der Waals surface area contributed by atoms with Gasteiger partial charge in [0.05, 0.1) is 42.4 Å². The highest BCUT2D eigenvalue weighted by Crippen LogP contribution is 2.62. The third-order valence-electron chi connectivity index (χ3n) is 9.49. The van der Waals surface area contributed by atoms with Gasteiger partial charge in [0.15, 0.2) is 5.69 Å². The Morgan fingerprint density at radius 2 is 1.79 bits per heavy atom. The number of rotatable bonds is 5. The molecule has 4 aliphatic rings. The SMILES string of the molecule is [C-]#[N+]c1ccc(N2C(=O)[C@@H]3[C@H](C2=O)C2(C)OC3(CCOc3cccc4c3CCCC4)CC2O)c2ccccc12. The van der Waals surface area contributed by atoms with E-state index in [4.69, 9.17) is 16.0 Å². The van der Waals surface area contributed by atoms with Gasteiger partial charge >= 0.3 is 0 Å². The number of anilines is 1. The van der Waals surface area contributed by atoms with Gasteiger partial charge in [-0.05, 0) is 66.6 Å². The highest BCUT2D eigenvalue weighted by atomic mass is 16.6. The molecule has 7 heteroatoms. The van der Waals surface area contributed by atoms with Crippen molar-refractivity contribution in [2.45, 2.75) is 62.8 Å². The second-order valence-electron chi connectivity index (χ2n) is 11.5. The second-order valence-corrected chi connectivity index (χ2v) is 11.5. The van der Waals surface area contributed by atoms with Crippen LogP contribution in [0.25, 0.3) is 15.6 Å². The molecule has 1 N–H and O–H groups in total. The fraction of sp³-hybridized carbons (Fsp3) is 0.406. The number of hydrogen-bond acceptors (Lipinski definition) is 5. The Balaban J connectivity index is 1.22. The molecule has 198 valence electrons. The third kappa shape index (κ3) is 3.35. The van der Waals surface area contributed by atoms with Gasteiger partial charge in [-0.25, -0.2) is 9.74 Å². The van der Waals surface area contributed by atoms with Crippen LogP contribution in [0.2, 0.25) is 0 Å². The molecule has 3 heterocycles. The van der Waals surface area contributed by atoms with Crippen molar-refractivity contribution in [1.29, 1.82) is 0 Å². The lowest BCUT2D eigenvalue weighted by Crippen LogP contribution is -2.49.